The second-order valence-corrected chi connectivity index (χ2v) is 6.17. The van der Waals surface area contributed by atoms with Gasteiger partial charge in [0, 0.05) is 18.0 Å². The van der Waals surface area contributed by atoms with Crippen molar-refractivity contribution in [3.63, 3.8) is 0 Å². The number of hydrogen-bond donors (Lipinski definition) is 3. The standard InChI is InChI=1S/C15H19N3OS2/c1-20-13-5-4-12(9-11(13)10-17-6-7-19)18-15(16)14-3-2-8-21-14/h2-5,8-9,17,19H,6-7,10H2,1H3,(H2,16,18). The van der Waals surface area contributed by atoms with Crippen molar-refractivity contribution in [1.29, 1.82) is 0 Å². The number of nitrogens with one attached hydrogen (secondary N) is 1. The smallest absolute Gasteiger partial charge is 0.141 e. The van der Waals surface area contributed by atoms with Crippen LogP contribution in [0.1, 0.15) is 10.4 Å². The quantitative estimate of drug-likeness (QED) is 0.317. The van der Waals surface area contributed by atoms with Crippen LogP contribution in [-0.4, -0.2) is 30.3 Å². The van der Waals surface area contributed by atoms with Gasteiger partial charge in [-0.2, -0.15) is 0 Å². The summed E-state index contributed by atoms with van der Waals surface area (Å²) in [6, 6.07) is 9.99. The highest BCUT2D eigenvalue weighted by atomic mass is 32.2. The highest BCUT2D eigenvalue weighted by Gasteiger charge is 2.05. The summed E-state index contributed by atoms with van der Waals surface area (Å²) >= 11 is 3.28. The molecule has 4 nitrogen and oxygen atoms in total. The maximum absolute atomic E-state index is 8.85. The summed E-state index contributed by atoms with van der Waals surface area (Å²) in [4.78, 5) is 6.66. The molecule has 0 aliphatic carbocycles. The number of nitrogens with two attached hydrogens (primary N) is 1. The average Bonchev–Trinajstić information content (AvgIpc) is 3.02. The van der Waals surface area contributed by atoms with E-state index in [9.17, 15) is 0 Å². The maximum Gasteiger partial charge on any atom is 0.141 e. The van der Waals surface area contributed by atoms with Crippen LogP contribution < -0.4 is 11.1 Å². The summed E-state index contributed by atoms with van der Waals surface area (Å²) in [7, 11) is 0. The molecule has 0 aliphatic heterocycles. The molecule has 1 aromatic carbocycles. The lowest BCUT2D eigenvalue weighted by molar-refractivity contribution is 0.292. The van der Waals surface area contributed by atoms with Crippen LogP contribution in [0, 0.1) is 0 Å². The molecule has 1 aromatic heterocycles. The van der Waals surface area contributed by atoms with Crippen molar-refractivity contribution in [1.82, 2.24) is 5.32 Å². The fraction of sp³-hybridized carbons (Fsp3) is 0.267. The van der Waals surface area contributed by atoms with Crippen molar-refractivity contribution in [3.05, 3.63) is 46.2 Å². The van der Waals surface area contributed by atoms with Crippen LogP contribution >= 0.6 is 23.1 Å². The summed E-state index contributed by atoms with van der Waals surface area (Å²) in [5, 5.41) is 14.0. The van der Waals surface area contributed by atoms with E-state index in [1.807, 2.05) is 35.9 Å². The third-order valence-corrected chi connectivity index (χ3v) is 4.62. The van der Waals surface area contributed by atoms with Gasteiger partial charge in [-0.15, -0.1) is 23.1 Å². The molecular formula is C15H19N3OS2. The van der Waals surface area contributed by atoms with Gasteiger partial charge in [-0.3, -0.25) is 0 Å². The van der Waals surface area contributed by atoms with Gasteiger partial charge < -0.3 is 16.2 Å². The molecule has 0 saturated carbocycles. The SMILES string of the molecule is CSc1ccc(N=C(N)c2cccs2)cc1CNCCO. The molecule has 0 radical (unpaired) electrons. The van der Waals surface area contributed by atoms with E-state index >= 15 is 0 Å². The van der Waals surface area contributed by atoms with Crippen LogP contribution in [0.4, 0.5) is 5.69 Å². The predicted molar refractivity (Wildman–Crippen MR) is 91.7 cm³/mol. The molecular weight excluding hydrogens is 302 g/mol. The van der Waals surface area contributed by atoms with E-state index in [0.717, 1.165) is 16.1 Å². The lowest BCUT2D eigenvalue weighted by Crippen LogP contribution is -2.17. The predicted octanol–water partition coefficient (Wildman–Crippen LogP) is 2.59. The number of rotatable bonds is 7. The molecule has 0 atom stereocenters. The summed E-state index contributed by atoms with van der Waals surface area (Å²) < 4.78 is 0. The molecule has 112 valence electrons. The lowest BCUT2D eigenvalue weighted by Gasteiger charge is -2.09. The first-order valence-electron chi connectivity index (χ1n) is 6.61. The van der Waals surface area contributed by atoms with Crippen molar-refractivity contribution < 1.29 is 5.11 Å². The minimum atomic E-state index is 0.137. The zero-order chi connectivity index (χ0) is 15.1. The summed E-state index contributed by atoms with van der Waals surface area (Å²) in [6.45, 7) is 1.43. The number of aliphatic hydroxyl groups is 1. The van der Waals surface area contributed by atoms with E-state index in [2.05, 4.69) is 16.4 Å². The molecule has 4 N–H and O–H groups in total. The minimum Gasteiger partial charge on any atom is -0.395 e. The van der Waals surface area contributed by atoms with Gasteiger partial charge in [0.15, 0.2) is 0 Å². The van der Waals surface area contributed by atoms with E-state index < -0.39 is 0 Å². The Hall–Kier alpha value is -1.34. The van der Waals surface area contributed by atoms with Gasteiger partial charge in [-0.05, 0) is 41.5 Å². The van der Waals surface area contributed by atoms with Gasteiger partial charge in [0.25, 0.3) is 0 Å². The minimum absolute atomic E-state index is 0.137. The van der Waals surface area contributed by atoms with Crippen LogP contribution in [0.25, 0.3) is 0 Å². The molecule has 0 unspecified atom stereocenters. The Kier molecular flexibility index (Phi) is 6.25. The van der Waals surface area contributed by atoms with Crippen molar-refractivity contribution in [2.45, 2.75) is 11.4 Å². The fourth-order valence-electron chi connectivity index (χ4n) is 1.89. The van der Waals surface area contributed by atoms with Crippen LogP contribution in [0.15, 0.2) is 45.6 Å². The Labute approximate surface area is 133 Å². The third kappa shape index (κ3) is 4.57. The van der Waals surface area contributed by atoms with E-state index in [1.165, 1.54) is 4.90 Å². The maximum atomic E-state index is 8.85. The Morgan fingerprint density at radius 2 is 2.29 bits per heavy atom. The third-order valence-electron chi connectivity index (χ3n) is 2.89. The molecule has 1 heterocycles. The van der Waals surface area contributed by atoms with Crippen LogP contribution in [0.5, 0.6) is 0 Å². The highest BCUT2D eigenvalue weighted by molar-refractivity contribution is 7.98. The molecule has 0 spiro atoms. The van der Waals surface area contributed by atoms with Crippen molar-refractivity contribution in [3.8, 4) is 0 Å². The zero-order valence-electron chi connectivity index (χ0n) is 11.9. The number of amidine groups is 1. The number of thiophene rings is 1. The number of benzene rings is 1. The molecule has 21 heavy (non-hydrogen) atoms. The van der Waals surface area contributed by atoms with Gasteiger partial charge >= 0.3 is 0 Å². The topological polar surface area (TPSA) is 70.6 Å². The van der Waals surface area contributed by atoms with Crippen molar-refractivity contribution >= 4 is 34.6 Å². The average molecular weight is 321 g/mol. The number of aliphatic hydroxyl groups excluding tert-OH is 1. The Bertz CT molecular complexity index is 597. The van der Waals surface area contributed by atoms with Gasteiger partial charge in [-0.1, -0.05) is 6.07 Å². The summed E-state index contributed by atoms with van der Waals surface area (Å²) in [5.74, 6) is 0.538. The van der Waals surface area contributed by atoms with Gasteiger partial charge in [0.2, 0.25) is 0 Å². The second kappa shape index (κ2) is 8.19. The first kappa shape index (κ1) is 16.0. The van der Waals surface area contributed by atoms with Crippen LogP contribution in [0.3, 0.4) is 0 Å². The lowest BCUT2D eigenvalue weighted by atomic mass is 10.2. The molecule has 0 fully saturated rings. The largest absolute Gasteiger partial charge is 0.395 e. The first-order chi connectivity index (χ1) is 10.2. The number of nitrogens with zero attached hydrogens (tertiary/aromatic N) is 1. The molecule has 2 aromatic rings. The van der Waals surface area contributed by atoms with Gasteiger partial charge in [0.05, 0.1) is 17.2 Å². The number of aliphatic imine (C=N–C) groups is 1. The molecule has 2 rings (SSSR count). The number of thioether (sulfide) groups is 1. The van der Waals surface area contributed by atoms with Gasteiger partial charge in [0.1, 0.15) is 5.84 Å². The summed E-state index contributed by atoms with van der Waals surface area (Å²) in [5.41, 5.74) is 8.03. The molecule has 0 bridgehead atoms. The van der Waals surface area contributed by atoms with E-state index in [1.54, 1.807) is 23.1 Å². The van der Waals surface area contributed by atoms with Crippen LogP contribution in [0.2, 0.25) is 0 Å². The normalized spacial score (nSPS) is 11.8. The zero-order valence-corrected chi connectivity index (χ0v) is 13.5. The number of hydrogen-bond acceptors (Lipinski definition) is 5. The second-order valence-electron chi connectivity index (χ2n) is 4.37. The highest BCUT2D eigenvalue weighted by Crippen LogP contribution is 2.26. The van der Waals surface area contributed by atoms with E-state index in [-0.39, 0.29) is 6.61 Å². The van der Waals surface area contributed by atoms with Crippen LogP contribution in [-0.2, 0) is 6.54 Å². The van der Waals surface area contributed by atoms with E-state index in [0.29, 0.717) is 18.9 Å². The molecule has 0 aliphatic rings. The Balaban J connectivity index is 2.20. The monoisotopic (exact) mass is 321 g/mol. The van der Waals surface area contributed by atoms with Crippen molar-refractivity contribution in [2.24, 2.45) is 10.7 Å². The summed E-state index contributed by atoms with van der Waals surface area (Å²) in [6.07, 6.45) is 2.05. The molecule has 0 saturated heterocycles. The Morgan fingerprint density at radius 3 is 2.95 bits per heavy atom. The molecule has 6 heteroatoms. The van der Waals surface area contributed by atoms with Gasteiger partial charge in [-0.25, -0.2) is 4.99 Å². The first-order valence-corrected chi connectivity index (χ1v) is 8.71. The van der Waals surface area contributed by atoms with E-state index in [4.69, 9.17) is 10.8 Å². The fourth-order valence-corrected chi connectivity index (χ4v) is 3.12. The van der Waals surface area contributed by atoms with Crippen molar-refractivity contribution in [2.75, 3.05) is 19.4 Å². The molecule has 0 amide bonds. The Morgan fingerprint density at radius 1 is 1.43 bits per heavy atom.